The van der Waals surface area contributed by atoms with Gasteiger partial charge in [-0.3, -0.25) is 10.1 Å². The largest absolute Gasteiger partial charge is 0.490 e. The van der Waals surface area contributed by atoms with Crippen LogP contribution in [0, 0.1) is 5.92 Å². The number of amides is 3. The average molecular weight is 400 g/mol. The first-order valence-electron chi connectivity index (χ1n) is 8.34. The molecule has 0 aliphatic heterocycles. The quantitative estimate of drug-likeness (QED) is 0.486. The van der Waals surface area contributed by atoms with Gasteiger partial charge in [-0.15, -0.1) is 0 Å². The lowest BCUT2D eigenvalue weighted by Crippen LogP contribution is -2.45. The Morgan fingerprint density at radius 1 is 1.21 bits per heavy atom. The molecule has 3 N–H and O–H groups in total. The summed E-state index contributed by atoms with van der Waals surface area (Å²) in [5.41, 5.74) is 5.33. The normalized spacial score (nSPS) is 12.1. The zero-order valence-corrected chi connectivity index (χ0v) is 15.6. The van der Waals surface area contributed by atoms with Crippen molar-refractivity contribution >= 4 is 24.0 Å². The van der Waals surface area contributed by atoms with Gasteiger partial charge in [-0.05, 0) is 36.6 Å². The van der Waals surface area contributed by atoms with Gasteiger partial charge in [-0.2, -0.15) is 8.78 Å². The Morgan fingerprint density at radius 3 is 2.43 bits per heavy atom. The molecule has 1 atom stereocenters. The first-order chi connectivity index (χ1) is 13.1. The first-order valence-corrected chi connectivity index (χ1v) is 8.34. The standard InChI is InChI=1S/C18H22F2N2O6/c1-4-26-13-9-11(5-7-12(13)27-17(19)20)6-8-14(23)28-15(10(2)3)16(24)22-18(21)25/h5-10,15,17H,4H2,1-3H3,(H3,21,22,24,25)/b8-6+/t15-/m0/s1. The van der Waals surface area contributed by atoms with E-state index in [4.69, 9.17) is 15.2 Å². The van der Waals surface area contributed by atoms with E-state index in [1.807, 2.05) is 5.32 Å². The van der Waals surface area contributed by atoms with E-state index in [0.717, 1.165) is 6.08 Å². The van der Waals surface area contributed by atoms with Crippen molar-refractivity contribution in [3.8, 4) is 11.5 Å². The predicted octanol–water partition coefficient (Wildman–Crippen LogP) is 2.46. The third kappa shape index (κ3) is 7.60. The van der Waals surface area contributed by atoms with Crippen molar-refractivity contribution in [3.63, 3.8) is 0 Å². The summed E-state index contributed by atoms with van der Waals surface area (Å²) in [6.07, 6.45) is 1.18. The first kappa shape index (κ1) is 22.9. The number of rotatable bonds is 9. The van der Waals surface area contributed by atoms with Gasteiger partial charge in [0.2, 0.25) is 0 Å². The maximum absolute atomic E-state index is 12.4. The average Bonchev–Trinajstić information content (AvgIpc) is 2.58. The van der Waals surface area contributed by atoms with Crippen LogP contribution in [-0.4, -0.2) is 37.2 Å². The molecule has 0 aliphatic rings. The van der Waals surface area contributed by atoms with E-state index < -0.39 is 36.5 Å². The Hall–Kier alpha value is -3.17. The molecule has 0 unspecified atom stereocenters. The van der Waals surface area contributed by atoms with Crippen molar-refractivity contribution in [2.45, 2.75) is 33.5 Å². The van der Waals surface area contributed by atoms with Crippen LogP contribution in [-0.2, 0) is 14.3 Å². The van der Waals surface area contributed by atoms with Crippen LogP contribution in [0.25, 0.3) is 6.08 Å². The van der Waals surface area contributed by atoms with E-state index in [2.05, 4.69) is 4.74 Å². The van der Waals surface area contributed by atoms with Gasteiger partial charge in [0.25, 0.3) is 5.91 Å². The SMILES string of the molecule is CCOc1cc(/C=C/C(=O)O[C@H](C(=O)NC(N)=O)C(C)C)ccc1OC(F)F. The molecule has 0 radical (unpaired) electrons. The van der Waals surface area contributed by atoms with Crippen molar-refractivity contribution in [1.82, 2.24) is 5.32 Å². The number of esters is 1. The van der Waals surface area contributed by atoms with Gasteiger partial charge in [0.1, 0.15) is 0 Å². The van der Waals surface area contributed by atoms with E-state index in [9.17, 15) is 23.2 Å². The van der Waals surface area contributed by atoms with Crippen LogP contribution in [0.15, 0.2) is 24.3 Å². The Labute approximate surface area is 160 Å². The number of halogens is 2. The van der Waals surface area contributed by atoms with Gasteiger partial charge in [-0.25, -0.2) is 9.59 Å². The van der Waals surface area contributed by atoms with Gasteiger partial charge < -0.3 is 19.9 Å². The molecule has 0 saturated heterocycles. The molecule has 10 heteroatoms. The van der Waals surface area contributed by atoms with Gasteiger partial charge in [-0.1, -0.05) is 19.9 Å². The van der Waals surface area contributed by atoms with Crippen molar-refractivity contribution < 1.29 is 37.4 Å². The summed E-state index contributed by atoms with van der Waals surface area (Å²) in [6.45, 7) is 2.14. The Kier molecular flexibility index (Phi) is 8.86. The second-order valence-corrected chi connectivity index (χ2v) is 5.81. The lowest BCUT2D eigenvalue weighted by molar-refractivity contribution is -0.153. The lowest BCUT2D eigenvalue weighted by Gasteiger charge is -2.18. The molecular weight excluding hydrogens is 378 g/mol. The summed E-state index contributed by atoms with van der Waals surface area (Å²) in [7, 11) is 0. The van der Waals surface area contributed by atoms with Crippen molar-refractivity contribution in [1.29, 1.82) is 0 Å². The summed E-state index contributed by atoms with van der Waals surface area (Å²) < 4.78 is 39.5. The number of nitrogens with one attached hydrogen (secondary N) is 1. The number of carbonyl (C=O) groups is 3. The minimum Gasteiger partial charge on any atom is -0.490 e. The number of urea groups is 1. The predicted molar refractivity (Wildman–Crippen MR) is 95.7 cm³/mol. The van der Waals surface area contributed by atoms with Gasteiger partial charge in [0, 0.05) is 6.08 Å². The zero-order valence-electron chi connectivity index (χ0n) is 15.6. The summed E-state index contributed by atoms with van der Waals surface area (Å²) in [6, 6.07) is 3.06. The molecule has 154 valence electrons. The fourth-order valence-electron chi connectivity index (χ4n) is 2.10. The van der Waals surface area contributed by atoms with Gasteiger partial charge in [0.05, 0.1) is 6.61 Å². The number of alkyl halides is 2. The van der Waals surface area contributed by atoms with Crippen LogP contribution in [0.4, 0.5) is 13.6 Å². The Balaban J connectivity index is 2.88. The molecule has 0 fully saturated rings. The molecular formula is C18H22F2N2O6. The van der Waals surface area contributed by atoms with Crippen molar-refractivity contribution in [2.24, 2.45) is 11.7 Å². The van der Waals surface area contributed by atoms with Crippen molar-refractivity contribution in [2.75, 3.05) is 6.61 Å². The van der Waals surface area contributed by atoms with E-state index >= 15 is 0 Å². The maximum Gasteiger partial charge on any atom is 0.387 e. The third-order valence-corrected chi connectivity index (χ3v) is 3.25. The third-order valence-electron chi connectivity index (χ3n) is 3.25. The molecule has 8 nitrogen and oxygen atoms in total. The van der Waals surface area contributed by atoms with E-state index in [-0.39, 0.29) is 18.1 Å². The molecule has 0 aromatic heterocycles. The molecule has 3 amide bonds. The van der Waals surface area contributed by atoms with E-state index in [0.29, 0.717) is 5.56 Å². The fourth-order valence-corrected chi connectivity index (χ4v) is 2.10. The van der Waals surface area contributed by atoms with Crippen LogP contribution in [0.3, 0.4) is 0 Å². The Bertz CT molecular complexity index is 737. The number of imide groups is 1. The van der Waals surface area contributed by atoms with Crippen LogP contribution in [0.5, 0.6) is 11.5 Å². The molecule has 0 saturated carbocycles. The highest BCUT2D eigenvalue weighted by atomic mass is 19.3. The summed E-state index contributed by atoms with van der Waals surface area (Å²) >= 11 is 0. The monoisotopic (exact) mass is 400 g/mol. The van der Waals surface area contributed by atoms with Gasteiger partial charge >= 0.3 is 18.6 Å². The maximum atomic E-state index is 12.4. The van der Waals surface area contributed by atoms with Crippen LogP contribution in [0.1, 0.15) is 26.3 Å². The van der Waals surface area contributed by atoms with Crippen molar-refractivity contribution in [3.05, 3.63) is 29.8 Å². The van der Waals surface area contributed by atoms with E-state index in [1.165, 1.54) is 24.3 Å². The minimum atomic E-state index is -3.00. The molecule has 1 aromatic rings. The molecule has 0 aliphatic carbocycles. The number of primary amides is 1. The number of hydrogen-bond acceptors (Lipinski definition) is 6. The summed E-state index contributed by atoms with van der Waals surface area (Å²) in [5.74, 6) is -2.15. The minimum absolute atomic E-state index is 0.0826. The second-order valence-electron chi connectivity index (χ2n) is 5.81. The van der Waals surface area contributed by atoms with Crippen LogP contribution >= 0.6 is 0 Å². The molecule has 1 aromatic carbocycles. The summed E-state index contributed by atoms with van der Waals surface area (Å²) in [5, 5.41) is 1.85. The van der Waals surface area contributed by atoms with Crippen LogP contribution < -0.4 is 20.5 Å². The molecule has 0 heterocycles. The zero-order chi connectivity index (χ0) is 21.3. The molecule has 0 spiro atoms. The molecule has 1 rings (SSSR count). The number of ether oxygens (including phenoxy) is 3. The summed E-state index contributed by atoms with van der Waals surface area (Å²) in [4.78, 5) is 34.6. The number of benzene rings is 1. The molecule has 28 heavy (non-hydrogen) atoms. The van der Waals surface area contributed by atoms with E-state index in [1.54, 1.807) is 20.8 Å². The number of carbonyl (C=O) groups excluding carboxylic acids is 3. The smallest absolute Gasteiger partial charge is 0.387 e. The Morgan fingerprint density at radius 2 is 1.89 bits per heavy atom. The molecule has 0 bridgehead atoms. The highest BCUT2D eigenvalue weighted by molar-refractivity contribution is 5.97. The van der Waals surface area contributed by atoms with Gasteiger partial charge in [0.15, 0.2) is 17.6 Å². The number of hydrogen-bond donors (Lipinski definition) is 2. The van der Waals surface area contributed by atoms with Crippen LogP contribution in [0.2, 0.25) is 0 Å². The second kappa shape index (κ2) is 10.9. The highest BCUT2D eigenvalue weighted by Crippen LogP contribution is 2.30. The fraction of sp³-hybridized carbons (Fsp3) is 0.389. The lowest BCUT2D eigenvalue weighted by atomic mass is 10.1. The number of nitrogens with two attached hydrogens (primary N) is 1. The topological polar surface area (TPSA) is 117 Å². The highest BCUT2D eigenvalue weighted by Gasteiger charge is 2.26.